The Kier molecular flexibility index (Phi) is 5.63. The van der Waals surface area contributed by atoms with E-state index in [2.05, 4.69) is 15.8 Å². The van der Waals surface area contributed by atoms with Crippen LogP contribution in [0.15, 0.2) is 59.8 Å². The van der Waals surface area contributed by atoms with Crippen molar-refractivity contribution >= 4 is 24.1 Å². The highest BCUT2D eigenvalue weighted by Crippen LogP contribution is 2.03. The molecule has 6 heteroatoms. The molecule has 0 aliphatic carbocycles. The van der Waals surface area contributed by atoms with E-state index in [0.29, 0.717) is 5.49 Å². The van der Waals surface area contributed by atoms with Gasteiger partial charge in [0.1, 0.15) is 0 Å². The third-order valence-electron chi connectivity index (χ3n) is 2.33. The molecule has 1 aromatic heterocycles. The number of hydrogen-bond acceptors (Lipinski definition) is 2. The van der Waals surface area contributed by atoms with E-state index < -0.39 is 0 Å². The van der Waals surface area contributed by atoms with E-state index in [9.17, 15) is 4.79 Å². The van der Waals surface area contributed by atoms with E-state index in [-0.39, 0.29) is 18.4 Å². The summed E-state index contributed by atoms with van der Waals surface area (Å²) in [6.45, 7) is 0. The summed E-state index contributed by atoms with van der Waals surface area (Å²) >= 11 is 0. The minimum Gasteiger partial charge on any atom is -0.335 e. The van der Waals surface area contributed by atoms with Gasteiger partial charge in [-0.3, -0.25) is 0 Å². The van der Waals surface area contributed by atoms with Crippen LogP contribution < -0.4 is 16.2 Å². The predicted molar refractivity (Wildman–Crippen MR) is 76.8 cm³/mol. The van der Waals surface area contributed by atoms with Crippen LogP contribution in [0.2, 0.25) is 0 Å². The lowest BCUT2D eigenvalue weighted by Crippen LogP contribution is -2.28. The molecule has 2 aromatic rings. The van der Waals surface area contributed by atoms with Gasteiger partial charge in [0.15, 0.2) is 5.49 Å². The first-order chi connectivity index (χ1) is 8.75. The van der Waals surface area contributed by atoms with Crippen LogP contribution >= 0.6 is 12.4 Å². The molecule has 2 rings (SSSR count). The first kappa shape index (κ1) is 14.8. The van der Waals surface area contributed by atoms with Crippen LogP contribution in [0.25, 0.3) is 0 Å². The Bertz CT molecular complexity index is 595. The summed E-state index contributed by atoms with van der Waals surface area (Å²) in [7, 11) is 1.86. The van der Waals surface area contributed by atoms with Crippen LogP contribution in [0, 0.1) is 0 Å². The Balaban J connectivity index is 0.00000180. The zero-order valence-corrected chi connectivity index (χ0v) is 11.2. The number of aromatic nitrogens is 1. The standard InChI is InChI=1S/C13H14N4O.ClH/c1-17-10-6-5-9-12(17)15-16-13(18)14-11-7-3-2-4-8-11;/h2-10H,1H3,(H2,14,16,18);1H. The Hall–Kier alpha value is -2.27. The fourth-order valence-electron chi connectivity index (χ4n) is 1.42. The van der Waals surface area contributed by atoms with Crippen LogP contribution in [0.4, 0.5) is 10.5 Å². The summed E-state index contributed by atoms with van der Waals surface area (Å²) in [5.74, 6) is 0. The monoisotopic (exact) mass is 278 g/mol. The Morgan fingerprint density at radius 2 is 1.79 bits per heavy atom. The molecule has 0 aliphatic heterocycles. The van der Waals surface area contributed by atoms with Gasteiger partial charge in [-0.05, 0) is 24.3 Å². The van der Waals surface area contributed by atoms with E-state index in [4.69, 9.17) is 0 Å². The number of hydrogen-bond donors (Lipinski definition) is 2. The number of halogens is 1. The van der Waals surface area contributed by atoms with Crippen molar-refractivity contribution in [3.8, 4) is 0 Å². The molecule has 0 atom stereocenters. The first-order valence-electron chi connectivity index (χ1n) is 5.53. The molecular weight excluding hydrogens is 264 g/mol. The molecule has 0 radical (unpaired) electrons. The van der Waals surface area contributed by atoms with Crippen molar-refractivity contribution in [2.75, 3.05) is 5.32 Å². The van der Waals surface area contributed by atoms with Crippen LogP contribution in [-0.4, -0.2) is 10.6 Å². The molecule has 19 heavy (non-hydrogen) atoms. The van der Waals surface area contributed by atoms with E-state index in [1.54, 1.807) is 0 Å². The smallest absolute Gasteiger partial charge is 0.335 e. The number of nitrogens with one attached hydrogen (secondary N) is 2. The van der Waals surface area contributed by atoms with Crippen LogP contribution in [-0.2, 0) is 7.05 Å². The third kappa shape index (κ3) is 4.48. The summed E-state index contributed by atoms with van der Waals surface area (Å²) in [4.78, 5) is 11.6. The largest absolute Gasteiger partial charge is 0.339 e. The number of aryl methyl sites for hydroxylation is 1. The second-order valence-electron chi connectivity index (χ2n) is 3.71. The Morgan fingerprint density at radius 3 is 2.47 bits per heavy atom. The average molecular weight is 279 g/mol. The second kappa shape index (κ2) is 7.23. The lowest BCUT2D eigenvalue weighted by Gasteiger charge is -2.03. The number of pyridine rings is 1. The number of benzene rings is 1. The Morgan fingerprint density at radius 1 is 1.11 bits per heavy atom. The lowest BCUT2D eigenvalue weighted by atomic mass is 10.3. The van der Waals surface area contributed by atoms with E-state index in [0.717, 1.165) is 5.69 Å². The van der Waals surface area contributed by atoms with Crippen LogP contribution in [0.3, 0.4) is 0 Å². The molecule has 100 valence electrons. The predicted octanol–water partition coefficient (Wildman–Crippen LogP) is 2.08. The number of para-hydroxylation sites is 1. The average Bonchev–Trinajstić information content (AvgIpc) is 2.39. The molecule has 0 unspecified atom stereocenters. The third-order valence-corrected chi connectivity index (χ3v) is 2.33. The molecule has 0 saturated heterocycles. The number of urea groups is 1. The molecule has 0 aliphatic rings. The van der Waals surface area contributed by atoms with Crippen molar-refractivity contribution in [3.63, 3.8) is 0 Å². The van der Waals surface area contributed by atoms with Gasteiger partial charge in [-0.1, -0.05) is 24.3 Å². The van der Waals surface area contributed by atoms with Gasteiger partial charge in [0.2, 0.25) is 0 Å². The van der Waals surface area contributed by atoms with Gasteiger partial charge >= 0.3 is 6.03 Å². The summed E-state index contributed by atoms with van der Waals surface area (Å²) in [6.07, 6.45) is 1.86. The molecule has 5 nitrogen and oxygen atoms in total. The maximum atomic E-state index is 11.6. The number of anilines is 1. The first-order valence-corrected chi connectivity index (χ1v) is 5.53. The van der Waals surface area contributed by atoms with Crippen molar-refractivity contribution in [2.24, 2.45) is 12.1 Å². The van der Waals surface area contributed by atoms with Crippen molar-refractivity contribution in [2.45, 2.75) is 0 Å². The highest BCUT2D eigenvalue weighted by Gasteiger charge is 1.98. The zero-order valence-electron chi connectivity index (χ0n) is 10.4. The highest BCUT2D eigenvalue weighted by atomic mass is 35.5. The van der Waals surface area contributed by atoms with Gasteiger partial charge in [0.05, 0.1) is 0 Å². The fraction of sp³-hybridized carbons (Fsp3) is 0.0769. The quantitative estimate of drug-likeness (QED) is 0.812. The maximum Gasteiger partial charge on any atom is 0.339 e. The minimum absolute atomic E-state index is 0. The zero-order chi connectivity index (χ0) is 12.8. The van der Waals surface area contributed by atoms with Crippen molar-refractivity contribution < 1.29 is 4.79 Å². The van der Waals surface area contributed by atoms with Crippen molar-refractivity contribution in [3.05, 3.63) is 60.2 Å². The number of carbonyl (C=O) groups excluding carboxylic acids is 1. The summed E-state index contributed by atoms with van der Waals surface area (Å²) in [6, 6.07) is 14.4. The molecule has 2 N–H and O–H groups in total. The summed E-state index contributed by atoms with van der Waals surface area (Å²) < 4.78 is 1.81. The highest BCUT2D eigenvalue weighted by molar-refractivity contribution is 5.88. The molecule has 0 fully saturated rings. The topological polar surface area (TPSA) is 58.4 Å². The van der Waals surface area contributed by atoms with Gasteiger partial charge in [-0.2, -0.15) is 5.10 Å². The van der Waals surface area contributed by atoms with Gasteiger partial charge in [-0.25, -0.2) is 10.2 Å². The molecule has 1 heterocycles. The molecule has 2 amide bonds. The van der Waals surface area contributed by atoms with Gasteiger partial charge in [0.25, 0.3) is 0 Å². The summed E-state index contributed by atoms with van der Waals surface area (Å²) in [5.41, 5.74) is 3.83. The Labute approximate surface area is 117 Å². The van der Waals surface area contributed by atoms with Crippen LogP contribution in [0.1, 0.15) is 0 Å². The normalized spacial score (nSPS) is 10.5. The summed E-state index contributed by atoms with van der Waals surface area (Å²) in [5, 5.41) is 6.68. The van der Waals surface area contributed by atoms with Crippen molar-refractivity contribution in [1.82, 2.24) is 9.99 Å². The number of nitrogens with zero attached hydrogens (tertiary/aromatic N) is 2. The molecule has 0 bridgehead atoms. The van der Waals surface area contributed by atoms with Crippen LogP contribution in [0.5, 0.6) is 0 Å². The number of rotatable bonds is 2. The minimum atomic E-state index is -0.370. The molecule has 0 saturated carbocycles. The van der Waals surface area contributed by atoms with Gasteiger partial charge in [0, 0.05) is 18.9 Å². The van der Waals surface area contributed by atoms with E-state index in [1.807, 2.05) is 66.3 Å². The van der Waals surface area contributed by atoms with Gasteiger partial charge < -0.3 is 9.88 Å². The molecule has 0 spiro atoms. The number of amides is 2. The van der Waals surface area contributed by atoms with E-state index in [1.165, 1.54) is 0 Å². The lowest BCUT2D eigenvalue weighted by molar-refractivity contribution is 0.252. The fourth-order valence-corrected chi connectivity index (χ4v) is 1.42. The van der Waals surface area contributed by atoms with Crippen molar-refractivity contribution in [1.29, 1.82) is 0 Å². The van der Waals surface area contributed by atoms with E-state index >= 15 is 0 Å². The second-order valence-corrected chi connectivity index (χ2v) is 3.71. The maximum absolute atomic E-state index is 11.6. The molecule has 1 aromatic carbocycles. The number of carbonyl (C=O) groups is 1. The van der Waals surface area contributed by atoms with Gasteiger partial charge in [-0.15, -0.1) is 12.4 Å². The molecular formula is C13H15ClN4O. The SMILES string of the molecule is Cl.Cn1ccccc1=NNC(=O)Nc1ccccc1.